The van der Waals surface area contributed by atoms with Crippen LogP contribution < -0.4 is 0 Å². The van der Waals surface area contributed by atoms with E-state index in [0.29, 0.717) is 6.42 Å². The molecule has 0 bridgehead atoms. The molecule has 104 valence electrons. The van der Waals surface area contributed by atoms with Crippen LogP contribution in [-0.2, 0) is 4.79 Å². The molecule has 0 aromatic heterocycles. The van der Waals surface area contributed by atoms with Crippen LogP contribution in [0.4, 0.5) is 0 Å². The van der Waals surface area contributed by atoms with Gasteiger partial charge in [-0.15, -0.1) is 0 Å². The van der Waals surface area contributed by atoms with Gasteiger partial charge in [0.25, 0.3) is 0 Å². The van der Waals surface area contributed by atoms with E-state index in [4.69, 9.17) is 0 Å². The summed E-state index contributed by atoms with van der Waals surface area (Å²) >= 11 is 0. The topological polar surface area (TPSA) is 43.8 Å². The van der Waals surface area contributed by atoms with Crippen molar-refractivity contribution in [3.63, 3.8) is 0 Å². The third kappa shape index (κ3) is 3.45. The molecule has 0 aliphatic carbocycles. The largest absolute Gasteiger partial charge is 0.480 e. The minimum Gasteiger partial charge on any atom is -0.480 e. The molecule has 1 N–H and O–H groups in total. The SMILES string of the molecule is CCC(C(=O)O)N1CCC(CN2CCCC2)CC1. The van der Waals surface area contributed by atoms with E-state index < -0.39 is 5.97 Å². The summed E-state index contributed by atoms with van der Waals surface area (Å²) in [6.07, 6.45) is 5.76. The molecule has 2 saturated heterocycles. The Kier molecular flexibility index (Phi) is 5.01. The van der Waals surface area contributed by atoms with E-state index >= 15 is 0 Å². The van der Waals surface area contributed by atoms with Crippen molar-refractivity contribution >= 4 is 5.97 Å². The number of rotatable bonds is 5. The molecule has 2 rings (SSSR count). The molecule has 0 aromatic rings. The molecule has 2 fully saturated rings. The van der Waals surface area contributed by atoms with E-state index in [-0.39, 0.29) is 6.04 Å². The lowest BCUT2D eigenvalue weighted by molar-refractivity contribution is -0.144. The van der Waals surface area contributed by atoms with Gasteiger partial charge in [0.1, 0.15) is 6.04 Å². The van der Waals surface area contributed by atoms with Crippen LogP contribution in [0.3, 0.4) is 0 Å². The molecule has 0 amide bonds. The predicted molar refractivity (Wildman–Crippen MR) is 71.7 cm³/mol. The van der Waals surface area contributed by atoms with Crippen LogP contribution in [0.5, 0.6) is 0 Å². The van der Waals surface area contributed by atoms with Gasteiger partial charge >= 0.3 is 5.97 Å². The van der Waals surface area contributed by atoms with Crippen LogP contribution in [-0.4, -0.2) is 59.6 Å². The number of piperidine rings is 1. The van der Waals surface area contributed by atoms with Crippen molar-refractivity contribution in [3.05, 3.63) is 0 Å². The molecular weight excluding hydrogens is 228 g/mol. The summed E-state index contributed by atoms with van der Waals surface area (Å²) in [4.78, 5) is 15.9. The quantitative estimate of drug-likeness (QED) is 0.810. The number of hydrogen-bond donors (Lipinski definition) is 1. The monoisotopic (exact) mass is 254 g/mol. The molecule has 2 heterocycles. The molecule has 18 heavy (non-hydrogen) atoms. The fourth-order valence-corrected chi connectivity index (χ4v) is 3.37. The van der Waals surface area contributed by atoms with Gasteiger partial charge in [-0.05, 0) is 64.2 Å². The summed E-state index contributed by atoms with van der Waals surface area (Å²) in [5.74, 6) is 0.126. The average Bonchev–Trinajstić information content (AvgIpc) is 2.84. The van der Waals surface area contributed by atoms with Gasteiger partial charge in [0.2, 0.25) is 0 Å². The molecule has 2 aliphatic heterocycles. The average molecular weight is 254 g/mol. The van der Waals surface area contributed by atoms with Crippen molar-refractivity contribution in [1.29, 1.82) is 0 Å². The highest BCUT2D eigenvalue weighted by atomic mass is 16.4. The van der Waals surface area contributed by atoms with E-state index in [9.17, 15) is 9.90 Å². The lowest BCUT2D eigenvalue weighted by Crippen LogP contribution is -2.46. The number of nitrogens with zero attached hydrogens (tertiary/aromatic N) is 2. The van der Waals surface area contributed by atoms with Crippen LogP contribution in [0.25, 0.3) is 0 Å². The van der Waals surface area contributed by atoms with E-state index in [1.807, 2.05) is 6.92 Å². The van der Waals surface area contributed by atoms with Crippen molar-refractivity contribution in [2.45, 2.75) is 45.1 Å². The lowest BCUT2D eigenvalue weighted by atomic mass is 9.95. The summed E-state index contributed by atoms with van der Waals surface area (Å²) in [7, 11) is 0. The highest BCUT2D eigenvalue weighted by Crippen LogP contribution is 2.22. The molecule has 0 spiro atoms. The van der Waals surface area contributed by atoms with Gasteiger partial charge in [-0.3, -0.25) is 9.69 Å². The molecule has 2 aliphatic rings. The minimum absolute atomic E-state index is 0.266. The zero-order valence-corrected chi connectivity index (χ0v) is 11.5. The summed E-state index contributed by atoms with van der Waals surface area (Å²) < 4.78 is 0. The Bertz CT molecular complexity index is 269. The Labute approximate surface area is 110 Å². The molecule has 0 radical (unpaired) electrons. The van der Waals surface area contributed by atoms with Crippen LogP contribution in [0, 0.1) is 5.92 Å². The van der Waals surface area contributed by atoms with Gasteiger partial charge in [0.15, 0.2) is 0 Å². The summed E-state index contributed by atoms with van der Waals surface area (Å²) in [5.41, 5.74) is 0. The highest BCUT2D eigenvalue weighted by molar-refractivity contribution is 5.73. The van der Waals surface area contributed by atoms with Gasteiger partial charge in [-0.25, -0.2) is 0 Å². The third-order valence-electron chi connectivity index (χ3n) is 4.48. The van der Waals surface area contributed by atoms with Crippen molar-refractivity contribution in [1.82, 2.24) is 9.80 Å². The lowest BCUT2D eigenvalue weighted by Gasteiger charge is -2.36. The molecule has 0 aromatic carbocycles. The molecule has 1 atom stereocenters. The number of aliphatic carboxylic acids is 1. The first-order chi connectivity index (χ1) is 8.70. The van der Waals surface area contributed by atoms with Gasteiger partial charge in [0, 0.05) is 6.54 Å². The highest BCUT2D eigenvalue weighted by Gasteiger charge is 2.29. The third-order valence-corrected chi connectivity index (χ3v) is 4.48. The minimum atomic E-state index is -0.657. The Hall–Kier alpha value is -0.610. The maximum Gasteiger partial charge on any atom is 0.320 e. The van der Waals surface area contributed by atoms with Crippen molar-refractivity contribution in [3.8, 4) is 0 Å². The van der Waals surface area contributed by atoms with E-state index in [0.717, 1.165) is 19.0 Å². The zero-order chi connectivity index (χ0) is 13.0. The van der Waals surface area contributed by atoms with Crippen molar-refractivity contribution in [2.24, 2.45) is 5.92 Å². The second-order valence-corrected chi connectivity index (χ2v) is 5.75. The van der Waals surface area contributed by atoms with Gasteiger partial charge in [0.05, 0.1) is 0 Å². The number of carboxylic acid groups (broad SMARTS) is 1. The van der Waals surface area contributed by atoms with Crippen LogP contribution in [0.2, 0.25) is 0 Å². The molecule has 4 heteroatoms. The van der Waals surface area contributed by atoms with Crippen molar-refractivity contribution in [2.75, 3.05) is 32.7 Å². The molecule has 4 nitrogen and oxygen atoms in total. The van der Waals surface area contributed by atoms with Crippen LogP contribution in [0.15, 0.2) is 0 Å². The molecular formula is C14H26N2O2. The summed E-state index contributed by atoms with van der Waals surface area (Å²) in [5, 5.41) is 9.17. The maximum absolute atomic E-state index is 11.1. The molecule has 0 saturated carbocycles. The fraction of sp³-hybridized carbons (Fsp3) is 0.929. The Morgan fingerprint density at radius 3 is 2.33 bits per heavy atom. The number of carboxylic acids is 1. The number of likely N-dealkylation sites (tertiary alicyclic amines) is 2. The predicted octanol–water partition coefficient (Wildman–Crippen LogP) is 1.66. The van der Waals surface area contributed by atoms with Gasteiger partial charge < -0.3 is 10.0 Å². The first kappa shape index (κ1) is 13.8. The number of carbonyl (C=O) groups is 1. The van der Waals surface area contributed by atoms with Gasteiger partial charge in [-0.1, -0.05) is 6.92 Å². The van der Waals surface area contributed by atoms with E-state index in [2.05, 4.69) is 9.80 Å². The van der Waals surface area contributed by atoms with Gasteiger partial charge in [-0.2, -0.15) is 0 Å². The van der Waals surface area contributed by atoms with E-state index in [1.165, 1.54) is 45.3 Å². The second kappa shape index (κ2) is 6.53. The summed E-state index contributed by atoms with van der Waals surface area (Å²) in [6, 6.07) is -0.266. The van der Waals surface area contributed by atoms with Crippen LogP contribution in [0.1, 0.15) is 39.0 Å². The Morgan fingerprint density at radius 2 is 1.83 bits per heavy atom. The number of hydrogen-bond acceptors (Lipinski definition) is 3. The smallest absolute Gasteiger partial charge is 0.320 e. The Morgan fingerprint density at radius 1 is 1.22 bits per heavy atom. The standard InChI is InChI=1S/C14H26N2O2/c1-2-13(14(17)18)16-9-5-12(6-10-16)11-15-7-3-4-8-15/h12-13H,2-11H2,1H3,(H,17,18). The molecule has 1 unspecified atom stereocenters. The first-order valence-electron chi connectivity index (χ1n) is 7.40. The maximum atomic E-state index is 11.1. The fourth-order valence-electron chi connectivity index (χ4n) is 3.37. The van der Waals surface area contributed by atoms with Crippen LogP contribution >= 0.6 is 0 Å². The van der Waals surface area contributed by atoms with E-state index in [1.54, 1.807) is 0 Å². The van der Waals surface area contributed by atoms with Crippen molar-refractivity contribution < 1.29 is 9.90 Å². The Balaban J connectivity index is 1.74. The first-order valence-corrected chi connectivity index (χ1v) is 7.40. The normalized spacial score (nSPS) is 25.4. The zero-order valence-electron chi connectivity index (χ0n) is 11.5. The summed E-state index contributed by atoms with van der Waals surface area (Å²) in [6.45, 7) is 7.67. The second-order valence-electron chi connectivity index (χ2n) is 5.75.